The molecular formula is C8H17N2O4P. The molecule has 0 saturated carbocycles. The monoisotopic (exact) mass is 236 g/mol. The molecule has 1 aliphatic heterocycles. The van der Waals surface area contributed by atoms with Crippen molar-refractivity contribution >= 4 is 13.5 Å². The van der Waals surface area contributed by atoms with Gasteiger partial charge in [0, 0.05) is 13.1 Å². The van der Waals surface area contributed by atoms with Crippen molar-refractivity contribution in [2.75, 3.05) is 25.8 Å². The molecule has 1 saturated heterocycles. The van der Waals surface area contributed by atoms with Gasteiger partial charge in [-0.05, 0) is 18.8 Å². The summed E-state index contributed by atoms with van der Waals surface area (Å²) in [7, 11) is -3.91. The number of amides is 1. The van der Waals surface area contributed by atoms with Gasteiger partial charge in [0.05, 0.1) is 12.7 Å². The molecule has 1 amide bonds. The van der Waals surface area contributed by atoms with Crippen LogP contribution < -0.4 is 5.73 Å². The summed E-state index contributed by atoms with van der Waals surface area (Å²) in [5.41, 5.74) is 5.22. The molecule has 0 spiro atoms. The van der Waals surface area contributed by atoms with Crippen LogP contribution in [0.25, 0.3) is 0 Å². The summed E-state index contributed by atoms with van der Waals surface area (Å²) in [6.45, 7) is 1.12. The lowest BCUT2D eigenvalue weighted by atomic mass is 9.99. The molecule has 88 valence electrons. The van der Waals surface area contributed by atoms with Gasteiger partial charge in [-0.1, -0.05) is 0 Å². The molecule has 0 aromatic rings. The minimum Gasteiger partial charge on any atom is -0.342 e. The van der Waals surface area contributed by atoms with Gasteiger partial charge in [0.25, 0.3) is 0 Å². The van der Waals surface area contributed by atoms with Gasteiger partial charge >= 0.3 is 7.60 Å². The molecule has 7 heteroatoms. The zero-order valence-electron chi connectivity index (χ0n) is 8.50. The van der Waals surface area contributed by atoms with Gasteiger partial charge in [-0.15, -0.1) is 0 Å². The third-order valence-corrected chi connectivity index (χ3v) is 3.63. The van der Waals surface area contributed by atoms with Crippen LogP contribution in [0, 0.1) is 5.92 Å². The van der Waals surface area contributed by atoms with E-state index >= 15 is 0 Å². The van der Waals surface area contributed by atoms with E-state index in [1.165, 1.54) is 0 Å². The smallest absolute Gasteiger partial charge is 0.325 e. The number of carbonyl (C=O) groups excluding carboxylic acids is 1. The summed E-state index contributed by atoms with van der Waals surface area (Å²) < 4.78 is 10.8. The quantitative estimate of drug-likeness (QED) is 0.565. The van der Waals surface area contributed by atoms with Crippen molar-refractivity contribution in [3.05, 3.63) is 0 Å². The van der Waals surface area contributed by atoms with E-state index in [0.29, 0.717) is 25.9 Å². The topological polar surface area (TPSA) is 104 Å². The Morgan fingerprint density at radius 2 is 1.93 bits per heavy atom. The van der Waals surface area contributed by atoms with Gasteiger partial charge in [0.2, 0.25) is 5.91 Å². The van der Waals surface area contributed by atoms with Crippen LogP contribution in [-0.2, 0) is 9.36 Å². The maximum absolute atomic E-state index is 11.2. The molecule has 0 aromatic heterocycles. The summed E-state index contributed by atoms with van der Waals surface area (Å²) in [5, 5.41) is 0. The fourth-order valence-electron chi connectivity index (χ4n) is 1.83. The van der Waals surface area contributed by atoms with Crippen molar-refractivity contribution in [1.29, 1.82) is 0 Å². The standard InChI is InChI=1S/C8H17N2O4P/c9-5-8(11)10-3-1-7(2-4-10)6-15(12,13)14/h7H,1-6,9H2,(H2,12,13,14). The third kappa shape index (κ3) is 4.30. The first-order chi connectivity index (χ1) is 6.92. The molecule has 0 aromatic carbocycles. The van der Waals surface area contributed by atoms with E-state index in [4.69, 9.17) is 15.5 Å². The number of nitrogens with two attached hydrogens (primary N) is 1. The van der Waals surface area contributed by atoms with Gasteiger partial charge in [-0.3, -0.25) is 9.36 Å². The van der Waals surface area contributed by atoms with Crippen molar-refractivity contribution in [3.63, 3.8) is 0 Å². The fraction of sp³-hybridized carbons (Fsp3) is 0.875. The molecule has 0 atom stereocenters. The van der Waals surface area contributed by atoms with Crippen LogP contribution >= 0.6 is 7.60 Å². The van der Waals surface area contributed by atoms with E-state index in [1.807, 2.05) is 0 Å². The number of rotatable bonds is 3. The first-order valence-corrected chi connectivity index (χ1v) is 6.74. The Bertz CT molecular complexity index is 270. The number of piperidine rings is 1. The van der Waals surface area contributed by atoms with Crippen LogP contribution in [0.3, 0.4) is 0 Å². The fourth-order valence-corrected chi connectivity index (χ4v) is 2.87. The van der Waals surface area contributed by atoms with Gasteiger partial charge in [-0.2, -0.15) is 0 Å². The van der Waals surface area contributed by atoms with Crippen LogP contribution in [0.5, 0.6) is 0 Å². The molecule has 1 heterocycles. The van der Waals surface area contributed by atoms with Crippen LogP contribution in [0.2, 0.25) is 0 Å². The Morgan fingerprint density at radius 3 is 2.33 bits per heavy atom. The Morgan fingerprint density at radius 1 is 1.40 bits per heavy atom. The first-order valence-electron chi connectivity index (χ1n) is 4.95. The molecule has 0 unspecified atom stereocenters. The average molecular weight is 236 g/mol. The maximum Gasteiger partial charge on any atom is 0.325 e. The minimum absolute atomic E-state index is 0.00313. The normalized spacial score (nSPS) is 19.3. The molecule has 1 rings (SSSR count). The van der Waals surface area contributed by atoms with Crippen LogP contribution in [0.1, 0.15) is 12.8 Å². The Kier molecular flexibility index (Phi) is 4.28. The summed E-state index contributed by atoms with van der Waals surface area (Å²) >= 11 is 0. The van der Waals surface area contributed by atoms with E-state index in [1.54, 1.807) is 4.90 Å². The van der Waals surface area contributed by atoms with E-state index in [0.717, 1.165) is 0 Å². The highest BCUT2D eigenvalue weighted by molar-refractivity contribution is 7.51. The second-order valence-corrected chi connectivity index (χ2v) is 5.57. The van der Waals surface area contributed by atoms with Gasteiger partial charge in [-0.25, -0.2) is 0 Å². The zero-order valence-corrected chi connectivity index (χ0v) is 9.40. The molecule has 0 bridgehead atoms. The summed E-state index contributed by atoms with van der Waals surface area (Å²) in [6, 6.07) is 0. The predicted molar refractivity (Wildman–Crippen MR) is 55.3 cm³/mol. The molecular weight excluding hydrogens is 219 g/mol. The van der Waals surface area contributed by atoms with Crippen LogP contribution in [0.15, 0.2) is 0 Å². The summed E-state index contributed by atoms with van der Waals surface area (Å²) in [5.74, 6) is -0.0720. The number of carbonyl (C=O) groups is 1. The van der Waals surface area contributed by atoms with Crippen molar-refractivity contribution in [2.24, 2.45) is 11.7 Å². The average Bonchev–Trinajstić information content (AvgIpc) is 2.15. The number of likely N-dealkylation sites (tertiary alicyclic amines) is 1. The van der Waals surface area contributed by atoms with Gasteiger partial charge in [0.1, 0.15) is 0 Å². The van der Waals surface area contributed by atoms with E-state index in [2.05, 4.69) is 0 Å². The lowest BCUT2D eigenvalue weighted by Crippen LogP contribution is -2.42. The number of nitrogens with zero attached hydrogens (tertiary/aromatic N) is 1. The highest BCUT2D eigenvalue weighted by atomic mass is 31.2. The van der Waals surface area contributed by atoms with Crippen LogP contribution in [-0.4, -0.2) is 46.4 Å². The number of hydrogen-bond acceptors (Lipinski definition) is 3. The summed E-state index contributed by atoms with van der Waals surface area (Å²) in [6.07, 6.45) is 1.23. The lowest BCUT2D eigenvalue weighted by molar-refractivity contribution is -0.130. The predicted octanol–water partition coefficient (Wildman–Crippen LogP) is -0.639. The molecule has 1 fully saturated rings. The molecule has 1 aliphatic rings. The second kappa shape index (κ2) is 5.07. The minimum atomic E-state index is -3.91. The van der Waals surface area contributed by atoms with Crippen molar-refractivity contribution in [2.45, 2.75) is 12.8 Å². The molecule has 15 heavy (non-hydrogen) atoms. The molecule has 4 N–H and O–H groups in total. The zero-order chi connectivity index (χ0) is 11.5. The molecule has 0 aliphatic carbocycles. The van der Waals surface area contributed by atoms with E-state index < -0.39 is 7.60 Å². The van der Waals surface area contributed by atoms with Gasteiger partial charge < -0.3 is 20.4 Å². The van der Waals surface area contributed by atoms with E-state index in [9.17, 15) is 9.36 Å². The molecule has 0 radical (unpaired) electrons. The van der Waals surface area contributed by atoms with E-state index in [-0.39, 0.29) is 24.5 Å². The Balaban J connectivity index is 2.36. The first kappa shape index (κ1) is 12.6. The highest BCUT2D eigenvalue weighted by Gasteiger charge is 2.27. The maximum atomic E-state index is 11.2. The van der Waals surface area contributed by atoms with Gasteiger partial charge in [0.15, 0.2) is 0 Å². The molecule has 6 nitrogen and oxygen atoms in total. The SMILES string of the molecule is NCC(=O)N1CCC(CP(=O)(O)O)CC1. The van der Waals surface area contributed by atoms with Crippen molar-refractivity contribution in [1.82, 2.24) is 4.90 Å². The second-order valence-electron chi connectivity index (χ2n) is 3.88. The van der Waals surface area contributed by atoms with Crippen molar-refractivity contribution < 1.29 is 19.1 Å². The Hall–Kier alpha value is -0.420. The van der Waals surface area contributed by atoms with Crippen molar-refractivity contribution in [3.8, 4) is 0 Å². The number of hydrogen-bond donors (Lipinski definition) is 3. The van der Waals surface area contributed by atoms with Crippen LogP contribution in [0.4, 0.5) is 0 Å². The summed E-state index contributed by atoms with van der Waals surface area (Å²) in [4.78, 5) is 30.5. The third-order valence-electron chi connectivity index (χ3n) is 2.64. The lowest BCUT2D eigenvalue weighted by Gasteiger charge is -2.31. The highest BCUT2D eigenvalue weighted by Crippen LogP contribution is 2.39. The Labute approximate surface area is 88.6 Å². The largest absolute Gasteiger partial charge is 0.342 e.